The fourth-order valence-corrected chi connectivity index (χ4v) is 3.56. The summed E-state index contributed by atoms with van der Waals surface area (Å²) in [6.45, 7) is 6.71. The Morgan fingerprint density at radius 1 is 1.07 bits per heavy atom. The van der Waals surface area contributed by atoms with Crippen LogP contribution in [0.4, 0.5) is 0 Å². The Labute approximate surface area is 164 Å². The second kappa shape index (κ2) is 8.54. The van der Waals surface area contributed by atoms with E-state index in [1.54, 1.807) is 4.57 Å². The Bertz CT molecular complexity index is 995. The number of rotatable bonds is 6. The zero-order valence-corrected chi connectivity index (χ0v) is 16.1. The SMILES string of the molecule is CCc1nc2cccc(OCCN3CCOCC3)c2c(=O)n1-c1ccccc1. The van der Waals surface area contributed by atoms with Crippen molar-refractivity contribution in [2.24, 2.45) is 0 Å². The highest BCUT2D eigenvalue weighted by Gasteiger charge is 2.16. The molecule has 2 heterocycles. The first-order valence-corrected chi connectivity index (χ1v) is 9.81. The lowest BCUT2D eigenvalue weighted by Gasteiger charge is -2.26. The number of ether oxygens (including phenoxy) is 2. The lowest BCUT2D eigenvalue weighted by molar-refractivity contribution is 0.0323. The monoisotopic (exact) mass is 379 g/mol. The van der Waals surface area contributed by atoms with Crippen molar-refractivity contribution in [1.29, 1.82) is 0 Å². The lowest BCUT2D eigenvalue weighted by Crippen LogP contribution is -2.38. The highest BCUT2D eigenvalue weighted by molar-refractivity contribution is 5.84. The van der Waals surface area contributed by atoms with Crippen LogP contribution in [0.25, 0.3) is 16.6 Å². The van der Waals surface area contributed by atoms with Gasteiger partial charge in [-0.05, 0) is 24.3 Å². The van der Waals surface area contributed by atoms with E-state index in [4.69, 9.17) is 14.5 Å². The normalized spacial score (nSPS) is 15.0. The lowest BCUT2D eigenvalue weighted by atomic mass is 10.2. The summed E-state index contributed by atoms with van der Waals surface area (Å²) in [5.74, 6) is 1.34. The van der Waals surface area contributed by atoms with Crippen LogP contribution in [0.1, 0.15) is 12.7 Å². The first kappa shape index (κ1) is 18.7. The average molecular weight is 379 g/mol. The van der Waals surface area contributed by atoms with Gasteiger partial charge < -0.3 is 9.47 Å². The molecule has 1 saturated heterocycles. The van der Waals surface area contributed by atoms with Crippen molar-refractivity contribution < 1.29 is 9.47 Å². The van der Waals surface area contributed by atoms with Gasteiger partial charge in [-0.1, -0.05) is 31.2 Å². The van der Waals surface area contributed by atoms with Gasteiger partial charge in [0.05, 0.1) is 24.4 Å². The van der Waals surface area contributed by atoms with Crippen molar-refractivity contribution >= 4 is 10.9 Å². The number of nitrogens with zero attached hydrogens (tertiary/aromatic N) is 3. The molecule has 0 unspecified atom stereocenters. The summed E-state index contributed by atoms with van der Waals surface area (Å²) in [4.78, 5) is 20.5. The van der Waals surface area contributed by atoms with Crippen LogP contribution in [0.2, 0.25) is 0 Å². The van der Waals surface area contributed by atoms with Crippen LogP contribution in [-0.4, -0.2) is 53.9 Å². The van der Waals surface area contributed by atoms with E-state index in [0.29, 0.717) is 29.7 Å². The fraction of sp³-hybridized carbons (Fsp3) is 0.364. The summed E-state index contributed by atoms with van der Waals surface area (Å²) >= 11 is 0. The van der Waals surface area contributed by atoms with E-state index in [0.717, 1.165) is 44.4 Å². The van der Waals surface area contributed by atoms with Crippen LogP contribution < -0.4 is 10.3 Å². The molecule has 0 amide bonds. The van der Waals surface area contributed by atoms with Gasteiger partial charge in [-0.25, -0.2) is 4.98 Å². The number of hydrogen-bond donors (Lipinski definition) is 0. The van der Waals surface area contributed by atoms with Gasteiger partial charge in [0.2, 0.25) is 0 Å². The maximum Gasteiger partial charge on any atom is 0.269 e. The number of aryl methyl sites for hydroxylation is 1. The van der Waals surface area contributed by atoms with Crippen LogP contribution >= 0.6 is 0 Å². The second-order valence-corrected chi connectivity index (χ2v) is 6.81. The summed E-state index contributed by atoms with van der Waals surface area (Å²) in [7, 11) is 0. The first-order chi connectivity index (χ1) is 13.8. The van der Waals surface area contributed by atoms with Gasteiger partial charge in [0.1, 0.15) is 23.6 Å². The summed E-state index contributed by atoms with van der Waals surface area (Å²) in [6, 6.07) is 15.3. The maximum atomic E-state index is 13.4. The van der Waals surface area contributed by atoms with Gasteiger partial charge in [0, 0.05) is 26.1 Å². The molecular weight excluding hydrogens is 354 g/mol. The van der Waals surface area contributed by atoms with Crippen LogP contribution in [0.15, 0.2) is 53.3 Å². The first-order valence-electron chi connectivity index (χ1n) is 9.81. The molecule has 6 nitrogen and oxygen atoms in total. The summed E-state index contributed by atoms with van der Waals surface area (Å²) in [5.41, 5.74) is 1.41. The van der Waals surface area contributed by atoms with Crippen LogP contribution in [-0.2, 0) is 11.2 Å². The van der Waals surface area contributed by atoms with Crippen molar-refractivity contribution in [2.75, 3.05) is 39.5 Å². The zero-order chi connectivity index (χ0) is 19.3. The Kier molecular flexibility index (Phi) is 5.69. The molecule has 28 heavy (non-hydrogen) atoms. The molecule has 146 valence electrons. The molecule has 1 aliphatic rings. The molecule has 6 heteroatoms. The smallest absolute Gasteiger partial charge is 0.269 e. The molecule has 0 atom stereocenters. The number of para-hydroxylation sites is 1. The molecule has 0 N–H and O–H groups in total. The highest BCUT2D eigenvalue weighted by Crippen LogP contribution is 2.23. The topological polar surface area (TPSA) is 56.6 Å². The molecule has 0 spiro atoms. The Hall–Kier alpha value is -2.70. The Morgan fingerprint density at radius 2 is 1.86 bits per heavy atom. The average Bonchev–Trinajstić information content (AvgIpc) is 2.75. The Morgan fingerprint density at radius 3 is 2.61 bits per heavy atom. The minimum atomic E-state index is -0.0879. The molecule has 1 aromatic heterocycles. The van der Waals surface area contributed by atoms with Crippen molar-refractivity contribution in [2.45, 2.75) is 13.3 Å². The van der Waals surface area contributed by atoms with Crippen molar-refractivity contribution in [3.05, 3.63) is 64.7 Å². The second-order valence-electron chi connectivity index (χ2n) is 6.81. The zero-order valence-electron chi connectivity index (χ0n) is 16.1. The quantitative estimate of drug-likeness (QED) is 0.659. The van der Waals surface area contributed by atoms with E-state index in [1.807, 2.05) is 55.5 Å². The molecule has 0 bridgehead atoms. The van der Waals surface area contributed by atoms with E-state index in [9.17, 15) is 4.79 Å². The van der Waals surface area contributed by atoms with E-state index < -0.39 is 0 Å². The predicted molar refractivity (Wildman–Crippen MR) is 109 cm³/mol. The van der Waals surface area contributed by atoms with Crippen molar-refractivity contribution in [3.8, 4) is 11.4 Å². The van der Waals surface area contributed by atoms with Crippen molar-refractivity contribution in [3.63, 3.8) is 0 Å². The van der Waals surface area contributed by atoms with E-state index >= 15 is 0 Å². The van der Waals surface area contributed by atoms with Crippen molar-refractivity contribution in [1.82, 2.24) is 14.5 Å². The summed E-state index contributed by atoms with van der Waals surface area (Å²) in [6.07, 6.45) is 0.669. The van der Waals surface area contributed by atoms with Gasteiger partial charge in [-0.3, -0.25) is 14.3 Å². The van der Waals surface area contributed by atoms with Crippen LogP contribution in [0.3, 0.4) is 0 Å². The third-order valence-corrected chi connectivity index (χ3v) is 5.03. The highest BCUT2D eigenvalue weighted by atomic mass is 16.5. The summed E-state index contributed by atoms with van der Waals surface area (Å²) in [5, 5.41) is 0.533. The molecular formula is C22H25N3O3. The van der Waals surface area contributed by atoms with Crippen LogP contribution in [0, 0.1) is 0 Å². The van der Waals surface area contributed by atoms with E-state index in [-0.39, 0.29) is 5.56 Å². The van der Waals surface area contributed by atoms with Gasteiger partial charge in [-0.15, -0.1) is 0 Å². The molecule has 0 saturated carbocycles. The van der Waals surface area contributed by atoms with E-state index in [1.165, 1.54) is 0 Å². The number of morpholine rings is 1. The fourth-order valence-electron chi connectivity index (χ4n) is 3.56. The minimum absolute atomic E-state index is 0.0879. The maximum absolute atomic E-state index is 13.4. The molecule has 4 rings (SSSR count). The number of fused-ring (bicyclic) bond motifs is 1. The molecule has 3 aromatic rings. The molecule has 2 aromatic carbocycles. The Balaban J connectivity index is 1.69. The predicted octanol–water partition coefficient (Wildman–Crippen LogP) is 2.66. The number of aromatic nitrogens is 2. The molecule has 1 fully saturated rings. The number of hydrogen-bond acceptors (Lipinski definition) is 5. The molecule has 1 aliphatic heterocycles. The van der Waals surface area contributed by atoms with Crippen LogP contribution in [0.5, 0.6) is 5.75 Å². The largest absolute Gasteiger partial charge is 0.491 e. The van der Waals surface area contributed by atoms with Gasteiger partial charge >= 0.3 is 0 Å². The van der Waals surface area contributed by atoms with E-state index in [2.05, 4.69) is 4.90 Å². The van der Waals surface area contributed by atoms with Gasteiger partial charge in [0.25, 0.3) is 5.56 Å². The number of benzene rings is 2. The third kappa shape index (κ3) is 3.79. The third-order valence-electron chi connectivity index (χ3n) is 5.03. The minimum Gasteiger partial charge on any atom is -0.491 e. The van der Waals surface area contributed by atoms with Gasteiger partial charge in [-0.2, -0.15) is 0 Å². The summed E-state index contributed by atoms with van der Waals surface area (Å²) < 4.78 is 13.1. The molecule has 0 aliphatic carbocycles. The van der Waals surface area contributed by atoms with Gasteiger partial charge in [0.15, 0.2) is 0 Å². The standard InChI is InChI=1S/C22H25N3O3/c1-2-20-23-18-9-6-10-19(28-16-13-24-11-14-27-15-12-24)21(18)22(26)25(20)17-7-4-3-5-8-17/h3-10H,2,11-16H2,1H3. The molecule has 0 radical (unpaired) electrons.